The highest BCUT2D eigenvalue weighted by atomic mass is 19.1. The van der Waals surface area contributed by atoms with Gasteiger partial charge in [0.15, 0.2) is 0 Å². The van der Waals surface area contributed by atoms with Crippen LogP contribution in [-0.2, 0) is 0 Å². The average Bonchev–Trinajstić information content (AvgIpc) is 2.46. The Labute approximate surface area is 127 Å². The fraction of sp³-hybridized carbons (Fsp3) is 0.167. The van der Waals surface area contributed by atoms with Crippen molar-refractivity contribution in [2.45, 2.75) is 20.0 Å². The van der Waals surface area contributed by atoms with Crippen LogP contribution >= 0.6 is 0 Å². The third-order valence-corrected chi connectivity index (χ3v) is 3.79. The number of rotatable bonds is 2. The second-order valence-corrected chi connectivity index (χ2v) is 5.39. The average molecular weight is 297 g/mol. The van der Waals surface area contributed by atoms with Crippen LogP contribution < -0.4 is 5.56 Å². The van der Waals surface area contributed by atoms with E-state index in [0.717, 1.165) is 5.69 Å². The molecule has 0 bridgehead atoms. The zero-order valence-corrected chi connectivity index (χ0v) is 12.4. The summed E-state index contributed by atoms with van der Waals surface area (Å²) in [5.74, 6) is -0.414. The number of aromatic nitrogens is 1. The van der Waals surface area contributed by atoms with Crippen LogP contribution in [0.1, 0.15) is 24.3 Å². The van der Waals surface area contributed by atoms with Gasteiger partial charge in [0.1, 0.15) is 5.82 Å². The fourth-order valence-electron chi connectivity index (χ4n) is 2.76. The lowest BCUT2D eigenvalue weighted by Crippen LogP contribution is -2.20. The minimum absolute atomic E-state index is 0.253. The predicted molar refractivity (Wildman–Crippen MR) is 84.4 cm³/mol. The number of fused-ring (bicyclic) bond motifs is 1. The number of aliphatic hydroxyl groups excluding tert-OH is 1. The molecule has 22 heavy (non-hydrogen) atoms. The van der Waals surface area contributed by atoms with Gasteiger partial charge in [-0.05, 0) is 55.3 Å². The van der Waals surface area contributed by atoms with Crippen LogP contribution in [0.3, 0.4) is 0 Å². The molecule has 3 nitrogen and oxygen atoms in total. The minimum Gasteiger partial charge on any atom is -0.389 e. The third-order valence-electron chi connectivity index (χ3n) is 3.79. The Morgan fingerprint density at radius 3 is 2.55 bits per heavy atom. The van der Waals surface area contributed by atoms with Gasteiger partial charge >= 0.3 is 0 Å². The van der Waals surface area contributed by atoms with Crippen molar-refractivity contribution in [3.05, 3.63) is 76.0 Å². The molecular weight excluding hydrogens is 281 g/mol. The van der Waals surface area contributed by atoms with Crippen molar-refractivity contribution in [2.75, 3.05) is 0 Å². The number of benzene rings is 1. The van der Waals surface area contributed by atoms with Gasteiger partial charge in [-0.15, -0.1) is 0 Å². The molecule has 3 aromatic rings. The number of pyridine rings is 2. The van der Waals surface area contributed by atoms with Gasteiger partial charge < -0.3 is 5.11 Å². The quantitative estimate of drug-likeness (QED) is 0.787. The van der Waals surface area contributed by atoms with Gasteiger partial charge in [-0.3, -0.25) is 9.20 Å². The van der Waals surface area contributed by atoms with Crippen LogP contribution in [0, 0.1) is 12.7 Å². The van der Waals surface area contributed by atoms with Crippen molar-refractivity contribution < 1.29 is 9.50 Å². The Balaban J connectivity index is 2.46. The highest BCUT2D eigenvalue weighted by molar-refractivity contribution is 5.70. The Morgan fingerprint density at radius 1 is 1.14 bits per heavy atom. The first-order chi connectivity index (χ1) is 10.5. The molecule has 0 spiro atoms. The van der Waals surface area contributed by atoms with E-state index in [1.807, 2.05) is 25.1 Å². The summed E-state index contributed by atoms with van der Waals surface area (Å²) < 4.78 is 15.1. The van der Waals surface area contributed by atoms with Gasteiger partial charge in [0.25, 0.3) is 5.56 Å². The van der Waals surface area contributed by atoms with Crippen molar-refractivity contribution in [1.82, 2.24) is 4.40 Å². The number of hydrogen-bond acceptors (Lipinski definition) is 2. The van der Waals surface area contributed by atoms with E-state index in [2.05, 4.69) is 0 Å². The molecular formula is C18H16FNO2. The van der Waals surface area contributed by atoms with E-state index in [1.165, 1.54) is 12.1 Å². The zero-order chi connectivity index (χ0) is 15.9. The van der Waals surface area contributed by atoms with Crippen LogP contribution in [0.2, 0.25) is 0 Å². The number of aliphatic hydroxyl groups is 1. The van der Waals surface area contributed by atoms with Crippen molar-refractivity contribution in [3.63, 3.8) is 0 Å². The molecule has 0 radical (unpaired) electrons. The molecule has 3 rings (SSSR count). The van der Waals surface area contributed by atoms with E-state index in [0.29, 0.717) is 22.2 Å². The van der Waals surface area contributed by atoms with Crippen LogP contribution in [0.5, 0.6) is 0 Å². The number of nitrogens with zero attached hydrogens (tertiary/aromatic N) is 1. The van der Waals surface area contributed by atoms with E-state index in [1.54, 1.807) is 29.5 Å². The van der Waals surface area contributed by atoms with Crippen molar-refractivity contribution in [2.24, 2.45) is 0 Å². The molecule has 0 saturated heterocycles. The van der Waals surface area contributed by atoms with Gasteiger partial charge in [0, 0.05) is 11.2 Å². The second-order valence-electron chi connectivity index (χ2n) is 5.39. The van der Waals surface area contributed by atoms with E-state index in [-0.39, 0.29) is 5.56 Å². The minimum atomic E-state index is -0.823. The molecule has 0 amide bonds. The molecule has 1 aromatic carbocycles. The smallest absolute Gasteiger partial charge is 0.263 e. The first kappa shape index (κ1) is 14.5. The second kappa shape index (κ2) is 5.39. The number of hydrogen-bond donors (Lipinski definition) is 1. The molecule has 1 N–H and O–H groups in total. The molecule has 1 atom stereocenters. The van der Waals surface area contributed by atoms with Crippen molar-refractivity contribution >= 4 is 5.52 Å². The highest BCUT2D eigenvalue weighted by Crippen LogP contribution is 2.27. The summed E-state index contributed by atoms with van der Waals surface area (Å²) in [6, 6.07) is 13.2. The fourth-order valence-corrected chi connectivity index (χ4v) is 2.76. The van der Waals surface area contributed by atoms with Crippen LogP contribution in [-0.4, -0.2) is 9.51 Å². The Hall–Kier alpha value is -2.46. The lowest BCUT2D eigenvalue weighted by molar-refractivity contribution is 0.200. The largest absolute Gasteiger partial charge is 0.389 e. The summed E-state index contributed by atoms with van der Waals surface area (Å²) in [4.78, 5) is 12.9. The summed E-state index contributed by atoms with van der Waals surface area (Å²) in [7, 11) is 0. The first-order valence-corrected chi connectivity index (χ1v) is 7.08. The van der Waals surface area contributed by atoms with Gasteiger partial charge in [0.2, 0.25) is 0 Å². The number of halogens is 1. The summed E-state index contributed by atoms with van der Waals surface area (Å²) in [5, 5.41) is 10.0. The molecule has 2 aromatic heterocycles. The molecule has 0 saturated carbocycles. The summed E-state index contributed by atoms with van der Waals surface area (Å²) in [5.41, 5.74) is 2.55. The SMILES string of the molecule is Cc1cccc2cc(C(C)O)c(-c3cccc(F)c3)c(=O)n12. The number of aryl methyl sites for hydroxylation is 1. The Kier molecular flexibility index (Phi) is 3.54. The summed E-state index contributed by atoms with van der Waals surface area (Å²) in [6.07, 6.45) is -0.823. The molecule has 0 aliphatic heterocycles. The maximum absolute atomic E-state index is 13.5. The molecule has 0 aliphatic carbocycles. The van der Waals surface area contributed by atoms with Gasteiger partial charge in [0.05, 0.1) is 11.7 Å². The molecule has 0 aliphatic rings. The monoisotopic (exact) mass is 297 g/mol. The van der Waals surface area contributed by atoms with Crippen LogP contribution in [0.15, 0.2) is 53.3 Å². The molecule has 2 heterocycles. The first-order valence-electron chi connectivity index (χ1n) is 7.08. The van der Waals surface area contributed by atoms with E-state index >= 15 is 0 Å². The molecule has 1 unspecified atom stereocenters. The normalized spacial score (nSPS) is 12.5. The van der Waals surface area contributed by atoms with Crippen molar-refractivity contribution in [1.29, 1.82) is 0 Å². The Morgan fingerprint density at radius 2 is 1.86 bits per heavy atom. The summed E-state index contributed by atoms with van der Waals surface area (Å²) >= 11 is 0. The molecule has 4 heteroatoms. The highest BCUT2D eigenvalue weighted by Gasteiger charge is 2.17. The van der Waals surface area contributed by atoms with E-state index in [9.17, 15) is 14.3 Å². The third kappa shape index (κ3) is 2.31. The van der Waals surface area contributed by atoms with E-state index < -0.39 is 11.9 Å². The summed E-state index contributed by atoms with van der Waals surface area (Å²) in [6.45, 7) is 3.44. The molecule has 112 valence electrons. The molecule has 0 fully saturated rings. The maximum atomic E-state index is 13.5. The lowest BCUT2D eigenvalue weighted by Gasteiger charge is -2.15. The topological polar surface area (TPSA) is 41.7 Å². The van der Waals surface area contributed by atoms with Crippen molar-refractivity contribution in [3.8, 4) is 11.1 Å². The predicted octanol–water partition coefficient (Wildman–Crippen LogP) is 3.47. The van der Waals surface area contributed by atoms with Crippen LogP contribution in [0.25, 0.3) is 16.6 Å². The lowest BCUT2D eigenvalue weighted by atomic mass is 9.97. The van der Waals surface area contributed by atoms with Crippen LogP contribution in [0.4, 0.5) is 4.39 Å². The maximum Gasteiger partial charge on any atom is 0.263 e. The Bertz CT molecular complexity index is 913. The standard InChI is InChI=1S/C18H16FNO2/c1-11-5-3-8-15-10-16(12(2)21)17(18(22)20(11)15)13-6-4-7-14(19)9-13/h3-10,12,21H,1-2H3. The van der Waals surface area contributed by atoms with Gasteiger partial charge in [-0.1, -0.05) is 18.2 Å². The van der Waals surface area contributed by atoms with Gasteiger partial charge in [-0.25, -0.2) is 4.39 Å². The van der Waals surface area contributed by atoms with E-state index in [4.69, 9.17) is 0 Å². The zero-order valence-electron chi connectivity index (χ0n) is 12.4. The van der Waals surface area contributed by atoms with Gasteiger partial charge in [-0.2, -0.15) is 0 Å².